The molecule has 2 rings (SSSR count). The van der Waals surface area contributed by atoms with Crippen LogP contribution in [0.2, 0.25) is 0 Å². The van der Waals surface area contributed by atoms with Gasteiger partial charge >= 0.3 is 0 Å². The minimum atomic E-state index is 0.511. The van der Waals surface area contributed by atoms with Crippen molar-refractivity contribution in [2.24, 2.45) is 11.3 Å². The molecule has 0 radical (unpaired) electrons. The van der Waals surface area contributed by atoms with Gasteiger partial charge in [0.2, 0.25) is 0 Å². The summed E-state index contributed by atoms with van der Waals surface area (Å²) >= 11 is 0. The summed E-state index contributed by atoms with van der Waals surface area (Å²) in [4.78, 5) is 0. The number of rotatable bonds is 4. The monoisotopic (exact) mass is 194 g/mol. The number of nitrogens with zero attached hydrogens (tertiary/aromatic N) is 3. The maximum Gasteiger partial charge on any atom is 0.165 e. The molecule has 1 fully saturated rings. The molecule has 0 aromatic carbocycles. The lowest BCUT2D eigenvalue weighted by Crippen LogP contribution is -2.00. The molecule has 78 valence electrons. The second-order valence-electron chi connectivity index (χ2n) is 4.94. The van der Waals surface area contributed by atoms with Crippen LogP contribution < -0.4 is 5.73 Å². The minimum Gasteiger partial charge on any atom is -0.381 e. The summed E-state index contributed by atoms with van der Waals surface area (Å²) in [5, 5.41) is 7.66. The van der Waals surface area contributed by atoms with Gasteiger partial charge in [-0.1, -0.05) is 19.1 Å². The van der Waals surface area contributed by atoms with Crippen molar-refractivity contribution >= 4 is 5.82 Å². The SMILES string of the molecule is CC1(C)CC1CCCn1cc(N)nn1. The van der Waals surface area contributed by atoms with Gasteiger partial charge < -0.3 is 5.73 Å². The smallest absolute Gasteiger partial charge is 0.165 e. The molecule has 1 unspecified atom stereocenters. The molecule has 1 atom stereocenters. The van der Waals surface area contributed by atoms with Gasteiger partial charge in [0, 0.05) is 6.54 Å². The third-order valence-electron chi connectivity index (χ3n) is 3.21. The molecule has 1 aliphatic rings. The third-order valence-corrected chi connectivity index (χ3v) is 3.21. The van der Waals surface area contributed by atoms with Gasteiger partial charge in [-0.05, 0) is 30.6 Å². The first-order valence-electron chi connectivity index (χ1n) is 5.23. The number of aromatic nitrogens is 3. The Labute approximate surface area is 84.5 Å². The maximum absolute atomic E-state index is 5.47. The second-order valence-corrected chi connectivity index (χ2v) is 4.94. The van der Waals surface area contributed by atoms with E-state index in [0.717, 1.165) is 12.5 Å². The van der Waals surface area contributed by atoms with Crippen LogP contribution in [0, 0.1) is 11.3 Å². The van der Waals surface area contributed by atoms with Crippen LogP contribution in [0.25, 0.3) is 0 Å². The molecule has 4 heteroatoms. The topological polar surface area (TPSA) is 56.7 Å². The minimum absolute atomic E-state index is 0.511. The van der Waals surface area contributed by atoms with Gasteiger partial charge in [-0.25, -0.2) is 0 Å². The molecule has 0 amide bonds. The van der Waals surface area contributed by atoms with Crippen LogP contribution >= 0.6 is 0 Å². The van der Waals surface area contributed by atoms with Crippen molar-refractivity contribution in [3.8, 4) is 0 Å². The normalized spacial score (nSPS) is 23.7. The highest BCUT2D eigenvalue weighted by Crippen LogP contribution is 2.54. The first kappa shape index (κ1) is 9.49. The summed E-state index contributed by atoms with van der Waals surface area (Å²) in [6.07, 6.45) is 5.65. The Morgan fingerprint density at radius 3 is 2.86 bits per heavy atom. The lowest BCUT2D eigenvalue weighted by molar-refractivity contribution is 0.474. The summed E-state index contributed by atoms with van der Waals surface area (Å²) in [6.45, 7) is 5.62. The van der Waals surface area contributed by atoms with Crippen molar-refractivity contribution in [1.82, 2.24) is 15.0 Å². The average molecular weight is 194 g/mol. The van der Waals surface area contributed by atoms with Crippen molar-refractivity contribution in [3.63, 3.8) is 0 Å². The lowest BCUT2D eigenvalue weighted by Gasteiger charge is -2.02. The van der Waals surface area contributed by atoms with Crippen molar-refractivity contribution in [2.75, 3.05) is 5.73 Å². The fourth-order valence-electron chi connectivity index (χ4n) is 1.99. The Hall–Kier alpha value is -1.06. The molecule has 1 heterocycles. The van der Waals surface area contributed by atoms with Crippen LogP contribution in [0.3, 0.4) is 0 Å². The Morgan fingerprint density at radius 1 is 1.64 bits per heavy atom. The molecule has 0 bridgehead atoms. The molecule has 0 saturated heterocycles. The summed E-state index contributed by atoms with van der Waals surface area (Å²) in [5.74, 6) is 1.43. The molecular formula is C10H18N4. The second kappa shape index (κ2) is 3.26. The van der Waals surface area contributed by atoms with Crippen LogP contribution in [-0.4, -0.2) is 15.0 Å². The molecular weight excluding hydrogens is 176 g/mol. The van der Waals surface area contributed by atoms with E-state index >= 15 is 0 Å². The first-order chi connectivity index (χ1) is 6.58. The Balaban J connectivity index is 1.69. The van der Waals surface area contributed by atoms with Crippen molar-refractivity contribution < 1.29 is 0 Å². The highest BCUT2D eigenvalue weighted by Gasteiger charge is 2.44. The fourth-order valence-corrected chi connectivity index (χ4v) is 1.99. The van der Waals surface area contributed by atoms with E-state index in [2.05, 4.69) is 24.2 Å². The van der Waals surface area contributed by atoms with Crippen molar-refractivity contribution in [2.45, 2.75) is 39.7 Å². The van der Waals surface area contributed by atoms with Gasteiger partial charge in [-0.2, -0.15) is 0 Å². The summed E-state index contributed by atoms with van der Waals surface area (Å²) < 4.78 is 1.82. The van der Waals surface area contributed by atoms with Crippen molar-refractivity contribution in [3.05, 3.63) is 6.20 Å². The molecule has 0 spiro atoms. The van der Waals surface area contributed by atoms with Gasteiger partial charge in [0.15, 0.2) is 5.82 Å². The zero-order chi connectivity index (χ0) is 10.2. The Morgan fingerprint density at radius 2 is 2.36 bits per heavy atom. The van der Waals surface area contributed by atoms with Crippen LogP contribution in [-0.2, 0) is 6.54 Å². The largest absolute Gasteiger partial charge is 0.381 e. The van der Waals surface area contributed by atoms with Crippen LogP contribution in [0.4, 0.5) is 5.82 Å². The molecule has 0 aliphatic heterocycles. The van der Waals surface area contributed by atoms with E-state index < -0.39 is 0 Å². The molecule has 1 aromatic heterocycles. The van der Waals surface area contributed by atoms with Gasteiger partial charge in [0.1, 0.15) is 0 Å². The Bertz CT molecular complexity index is 316. The molecule has 14 heavy (non-hydrogen) atoms. The summed E-state index contributed by atoms with van der Waals surface area (Å²) in [5.41, 5.74) is 6.07. The molecule has 4 nitrogen and oxygen atoms in total. The van der Waals surface area contributed by atoms with E-state index in [1.165, 1.54) is 19.3 Å². The van der Waals surface area contributed by atoms with Crippen LogP contribution in [0.1, 0.15) is 33.1 Å². The third kappa shape index (κ3) is 2.05. The van der Waals surface area contributed by atoms with Gasteiger partial charge in [0.05, 0.1) is 6.20 Å². The predicted octanol–water partition coefficient (Wildman–Crippen LogP) is 1.69. The van der Waals surface area contributed by atoms with Gasteiger partial charge in [-0.3, -0.25) is 4.68 Å². The fraction of sp³-hybridized carbons (Fsp3) is 0.800. The highest BCUT2D eigenvalue weighted by atomic mass is 15.4. The van der Waals surface area contributed by atoms with E-state index in [0.29, 0.717) is 11.2 Å². The quantitative estimate of drug-likeness (QED) is 0.793. The molecule has 1 saturated carbocycles. The molecule has 1 aromatic rings. The Kier molecular flexibility index (Phi) is 2.21. The standard InChI is InChI=1S/C10H18N4/c1-10(2)6-8(10)4-3-5-14-7-9(11)12-13-14/h7-8H,3-6,11H2,1-2H3. The van der Waals surface area contributed by atoms with Gasteiger partial charge in [0.25, 0.3) is 0 Å². The number of anilines is 1. The summed E-state index contributed by atoms with van der Waals surface area (Å²) in [7, 11) is 0. The zero-order valence-electron chi connectivity index (χ0n) is 8.90. The van der Waals surface area contributed by atoms with E-state index in [1.807, 2.05) is 4.68 Å². The van der Waals surface area contributed by atoms with Gasteiger partial charge in [-0.15, -0.1) is 5.10 Å². The summed E-state index contributed by atoms with van der Waals surface area (Å²) in [6, 6.07) is 0. The van der Waals surface area contributed by atoms with E-state index in [9.17, 15) is 0 Å². The zero-order valence-corrected chi connectivity index (χ0v) is 8.90. The molecule has 1 aliphatic carbocycles. The number of nitrogen functional groups attached to an aromatic ring is 1. The van der Waals surface area contributed by atoms with Crippen LogP contribution in [0.15, 0.2) is 6.20 Å². The number of aryl methyl sites for hydroxylation is 1. The number of hydrogen-bond donors (Lipinski definition) is 1. The molecule has 2 N–H and O–H groups in total. The lowest BCUT2D eigenvalue weighted by atomic mass is 10.1. The van der Waals surface area contributed by atoms with Crippen molar-refractivity contribution in [1.29, 1.82) is 0 Å². The van der Waals surface area contributed by atoms with E-state index in [1.54, 1.807) is 6.20 Å². The predicted molar refractivity (Wildman–Crippen MR) is 55.6 cm³/mol. The first-order valence-corrected chi connectivity index (χ1v) is 5.23. The maximum atomic E-state index is 5.47. The van der Waals surface area contributed by atoms with E-state index in [-0.39, 0.29) is 0 Å². The number of hydrogen-bond acceptors (Lipinski definition) is 3. The number of nitrogens with two attached hydrogens (primary N) is 1. The van der Waals surface area contributed by atoms with Crippen LogP contribution in [0.5, 0.6) is 0 Å². The average Bonchev–Trinajstić information content (AvgIpc) is 2.53. The van der Waals surface area contributed by atoms with E-state index in [4.69, 9.17) is 5.73 Å². The highest BCUT2D eigenvalue weighted by molar-refractivity contribution is 5.19.